The highest BCUT2D eigenvalue weighted by atomic mass is 16.7. The number of hydrogen-bond acceptors (Lipinski definition) is 3. The minimum atomic E-state index is -0.560. The van der Waals surface area contributed by atoms with Gasteiger partial charge in [0, 0.05) is 0 Å². The molecule has 2 aliphatic rings. The summed E-state index contributed by atoms with van der Waals surface area (Å²) in [5.74, 6) is -0.137. The molecule has 1 aliphatic heterocycles. The molecule has 0 N–H and O–H groups in total. The van der Waals surface area contributed by atoms with Crippen LogP contribution in [0.15, 0.2) is 0 Å². The van der Waals surface area contributed by atoms with E-state index in [2.05, 4.69) is 6.92 Å². The third kappa shape index (κ3) is 1.11. The lowest BCUT2D eigenvalue weighted by Crippen LogP contribution is -2.39. The predicted octanol–water partition coefficient (Wildman–Crippen LogP) is 2.04. The number of esters is 1. The summed E-state index contributed by atoms with van der Waals surface area (Å²) in [6.45, 7) is 4.37. The van der Waals surface area contributed by atoms with Crippen LogP contribution in [0.3, 0.4) is 0 Å². The quantitative estimate of drug-likeness (QED) is 0.512. The highest BCUT2D eigenvalue weighted by molar-refractivity contribution is 5.85. The first kappa shape index (κ1) is 9.97. The highest BCUT2D eigenvalue weighted by Gasteiger charge is 2.76. The van der Waals surface area contributed by atoms with Crippen molar-refractivity contribution in [3.05, 3.63) is 0 Å². The fourth-order valence-electron chi connectivity index (χ4n) is 2.52. The number of hydrogen-bond donors (Lipinski definition) is 0. The molecule has 80 valence electrons. The monoisotopic (exact) mass is 198 g/mol. The van der Waals surface area contributed by atoms with Gasteiger partial charge in [-0.3, -0.25) is 0 Å². The van der Waals surface area contributed by atoms with E-state index in [9.17, 15) is 4.79 Å². The Morgan fingerprint density at radius 3 is 2.50 bits per heavy atom. The summed E-state index contributed by atoms with van der Waals surface area (Å²) in [5, 5.41) is 0. The molecule has 0 bridgehead atoms. The number of rotatable bonds is 4. The van der Waals surface area contributed by atoms with Gasteiger partial charge in [0.15, 0.2) is 5.60 Å². The van der Waals surface area contributed by atoms with Crippen molar-refractivity contribution in [3.63, 3.8) is 0 Å². The van der Waals surface area contributed by atoms with Gasteiger partial charge >= 0.3 is 5.97 Å². The zero-order valence-electron chi connectivity index (χ0n) is 8.97. The van der Waals surface area contributed by atoms with Crippen molar-refractivity contribution in [2.75, 3.05) is 6.61 Å². The molecule has 14 heavy (non-hydrogen) atoms. The molecule has 3 nitrogen and oxygen atoms in total. The SMILES string of the molecule is CCCC1(C(=O)OCC)OC12CCC2. The largest absolute Gasteiger partial charge is 0.464 e. The summed E-state index contributed by atoms with van der Waals surface area (Å²) in [4.78, 5) is 11.8. The molecule has 1 heterocycles. The molecule has 1 spiro atoms. The van der Waals surface area contributed by atoms with Gasteiger partial charge in [0.25, 0.3) is 0 Å². The summed E-state index contributed by atoms with van der Waals surface area (Å²) >= 11 is 0. The van der Waals surface area contributed by atoms with Crippen LogP contribution in [0.1, 0.15) is 46.0 Å². The zero-order chi connectivity index (χ0) is 10.2. The Bertz CT molecular complexity index is 241. The predicted molar refractivity (Wildman–Crippen MR) is 51.9 cm³/mol. The topological polar surface area (TPSA) is 38.8 Å². The number of carbonyl (C=O) groups excluding carboxylic acids is 1. The minimum Gasteiger partial charge on any atom is -0.464 e. The second-order valence-corrected chi connectivity index (χ2v) is 4.25. The second kappa shape index (κ2) is 3.23. The van der Waals surface area contributed by atoms with Gasteiger partial charge < -0.3 is 9.47 Å². The first-order chi connectivity index (χ1) is 6.71. The molecular weight excluding hydrogens is 180 g/mol. The van der Waals surface area contributed by atoms with E-state index in [1.54, 1.807) is 0 Å². The van der Waals surface area contributed by atoms with Crippen LogP contribution in [0, 0.1) is 0 Å². The number of ether oxygens (including phenoxy) is 2. The summed E-state index contributed by atoms with van der Waals surface area (Å²) < 4.78 is 10.8. The van der Waals surface area contributed by atoms with E-state index in [0.717, 1.165) is 25.7 Å². The van der Waals surface area contributed by atoms with Gasteiger partial charge in [0.1, 0.15) is 5.60 Å². The Kier molecular flexibility index (Phi) is 2.30. The van der Waals surface area contributed by atoms with E-state index in [0.29, 0.717) is 6.61 Å². The molecule has 2 rings (SSSR count). The van der Waals surface area contributed by atoms with Crippen molar-refractivity contribution in [1.82, 2.24) is 0 Å². The number of carbonyl (C=O) groups is 1. The van der Waals surface area contributed by atoms with Gasteiger partial charge in [-0.1, -0.05) is 13.3 Å². The van der Waals surface area contributed by atoms with Crippen LogP contribution in [0.5, 0.6) is 0 Å². The van der Waals surface area contributed by atoms with Crippen LogP contribution in [0.25, 0.3) is 0 Å². The minimum absolute atomic E-state index is 0.116. The Balaban J connectivity index is 2.06. The lowest BCUT2D eigenvalue weighted by Gasteiger charge is -2.25. The Labute approximate surface area is 84.8 Å². The molecule has 2 fully saturated rings. The molecular formula is C11H18O3. The summed E-state index contributed by atoms with van der Waals surface area (Å²) in [6.07, 6.45) is 5.04. The molecule has 3 heteroatoms. The van der Waals surface area contributed by atoms with Crippen molar-refractivity contribution in [2.24, 2.45) is 0 Å². The van der Waals surface area contributed by atoms with Crippen LogP contribution >= 0.6 is 0 Å². The van der Waals surface area contributed by atoms with E-state index < -0.39 is 5.60 Å². The van der Waals surface area contributed by atoms with Gasteiger partial charge in [-0.15, -0.1) is 0 Å². The lowest BCUT2D eigenvalue weighted by atomic mass is 9.74. The average Bonchev–Trinajstić information content (AvgIpc) is 2.76. The third-order valence-corrected chi connectivity index (χ3v) is 3.43. The van der Waals surface area contributed by atoms with Crippen LogP contribution in [0.4, 0.5) is 0 Å². The third-order valence-electron chi connectivity index (χ3n) is 3.43. The van der Waals surface area contributed by atoms with Crippen molar-refractivity contribution < 1.29 is 14.3 Å². The maximum Gasteiger partial charge on any atom is 0.341 e. The molecule has 1 saturated heterocycles. The smallest absolute Gasteiger partial charge is 0.341 e. The maximum atomic E-state index is 11.8. The molecule has 1 saturated carbocycles. The molecule has 0 aromatic heterocycles. The Hall–Kier alpha value is -0.570. The van der Waals surface area contributed by atoms with E-state index >= 15 is 0 Å². The standard InChI is InChI=1S/C11H18O3/c1-3-6-11(9(12)13-4-2)10(14-11)7-5-8-10/h3-8H2,1-2H3. The van der Waals surface area contributed by atoms with Crippen molar-refractivity contribution in [3.8, 4) is 0 Å². The van der Waals surface area contributed by atoms with Crippen molar-refractivity contribution in [2.45, 2.75) is 57.2 Å². The molecule has 0 amide bonds. The van der Waals surface area contributed by atoms with E-state index in [4.69, 9.17) is 9.47 Å². The van der Waals surface area contributed by atoms with Gasteiger partial charge in [-0.2, -0.15) is 0 Å². The van der Waals surface area contributed by atoms with Gasteiger partial charge in [-0.25, -0.2) is 4.79 Å². The molecule has 0 aromatic rings. The average molecular weight is 198 g/mol. The Morgan fingerprint density at radius 2 is 2.14 bits per heavy atom. The van der Waals surface area contributed by atoms with Crippen LogP contribution in [0.2, 0.25) is 0 Å². The van der Waals surface area contributed by atoms with Crippen LogP contribution in [-0.2, 0) is 14.3 Å². The molecule has 1 unspecified atom stereocenters. The van der Waals surface area contributed by atoms with Gasteiger partial charge in [-0.05, 0) is 32.6 Å². The van der Waals surface area contributed by atoms with Crippen LogP contribution < -0.4 is 0 Å². The Morgan fingerprint density at radius 1 is 1.43 bits per heavy atom. The molecule has 1 atom stereocenters. The van der Waals surface area contributed by atoms with E-state index in [1.807, 2.05) is 6.92 Å². The fourth-order valence-corrected chi connectivity index (χ4v) is 2.52. The molecule has 0 aromatic carbocycles. The first-order valence-electron chi connectivity index (χ1n) is 5.58. The van der Waals surface area contributed by atoms with Gasteiger partial charge in [0.2, 0.25) is 0 Å². The fraction of sp³-hybridized carbons (Fsp3) is 0.909. The molecule has 1 aliphatic carbocycles. The lowest BCUT2D eigenvalue weighted by molar-refractivity contribution is -0.150. The van der Waals surface area contributed by atoms with Crippen molar-refractivity contribution in [1.29, 1.82) is 0 Å². The van der Waals surface area contributed by atoms with E-state index in [-0.39, 0.29) is 11.6 Å². The molecule has 0 radical (unpaired) electrons. The maximum absolute atomic E-state index is 11.8. The number of epoxide rings is 1. The normalized spacial score (nSPS) is 32.4. The van der Waals surface area contributed by atoms with E-state index in [1.165, 1.54) is 6.42 Å². The van der Waals surface area contributed by atoms with Crippen LogP contribution in [-0.4, -0.2) is 23.8 Å². The second-order valence-electron chi connectivity index (χ2n) is 4.25. The highest BCUT2D eigenvalue weighted by Crippen LogP contribution is 2.62. The zero-order valence-corrected chi connectivity index (χ0v) is 8.97. The summed E-state index contributed by atoms with van der Waals surface area (Å²) in [7, 11) is 0. The summed E-state index contributed by atoms with van der Waals surface area (Å²) in [6, 6.07) is 0. The van der Waals surface area contributed by atoms with Gasteiger partial charge in [0.05, 0.1) is 6.61 Å². The summed E-state index contributed by atoms with van der Waals surface area (Å²) in [5.41, 5.74) is -0.675. The first-order valence-corrected chi connectivity index (χ1v) is 5.58. The van der Waals surface area contributed by atoms with Crippen molar-refractivity contribution >= 4 is 5.97 Å².